The van der Waals surface area contributed by atoms with E-state index < -0.39 is 5.54 Å². The van der Waals surface area contributed by atoms with Gasteiger partial charge in [0.05, 0.1) is 5.54 Å². The third-order valence-electron chi connectivity index (χ3n) is 4.75. The Hall–Kier alpha value is -0.810. The van der Waals surface area contributed by atoms with Gasteiger partial charge in [0, 0.05) is 13.1 Å². The van der Waals surface area contributed by atoms with Gasteiger partial charge in [0.15, 0.2) is 0 Å². The lowest BCUT2D eigenvalue weighted by molar-refractivity contribution is -0.123. The highest BCUT2D eigenvalue weighted by molar-refractivity contribution is 5.88. The molecule has 4 nitrogen and oxygen atoms in total. The smallest absolute Gasteiger partial charge is 0.240 e. The highest BCUT2D eigenvalue weighted by atomic mass is 35.5. The van der Waals surface area contributed by atoms with E-state index in [9.17, 15) is 4.79 Å². The molecule has 0 atom stereocenters. The van der Waals surface area contributed by atoms with Crippen molar-refractivity contribution in [3.8, 4) is 0 Å². The van der Waals surface area contributed by atoms with Crippen molar-refractivity contribution in [3.05, 3.63) is 35.9 Å². The van der Waals surface area contributed by atoms with Crippen molar-refractivity contribution in [1.29, 1.82) is 0 Å². The van der Waals surface area contributed by atoms with Crippen molar-refractivity contribution >= 4 is 30.7 Å². The molecule has 2 aliphatic rings. The number of nitrogens with zero attached hydrogens (tertiary/aromatic N) is 1. The Morgan fingerprint density at radius 1 is 1.17 bits per heavy atom. The van der Waals surface area contributed by atoms with E-state index in [-0.39, 0.29) is 30.7 Å². The first-order chi connectivity index (χ1) is 10.2. The molecule has 6 heteroatoms. The zero-order chi connectivity index (χ0) is 14.7. The van der Waals surface area contributed by atoms with Gasteiger partial charge < -0.3 is 11.1 Å². The molecule has 0 unspecified atom stereocenters. The summed E-state index contributed by atoms with van der Waals surface area (Å²) in [6, 6.07) is 10.6. The van der Waals surface area contributed by atoms with Crippen molar-refractivity contribution in [1.82, 2.24) is 10.2 Å². The first-order valence-corrected chi connectivity index (χ1v) is 7.99. The lowest BCUT2D eigenvalue weighted by atomic mass is 9.96. The van der Waals surface area contributed by atoms with Crippen LogP contribution in [0, 0.1) is 5.92 Å². The van der Waals surface area contributed by atoms with Crippen LogP contribution in [0.15, 0.2) is 30.3 Å². The maximum atomic E-state index is 11.8. The molecule has 1 aromatic carbocycles. The fourth-order valence-electron chi connectivity index (χ4n) is 2.97. The second-order valence-electron chi connectivity index (χ2n) is 6.57. The zero-order valence-corrected chi connectivity index (χ0v) is 15.0. The molecule has 23 heavy (non-hydrogen) atoms. The Balaban J connectivity index is 0.00000132. The van der Waals surface area contributed by atoms with Gasteiger partial charge in [0.25, 0.3) is 0 Å². The molecule has 1 aromatic rings. The van der Waals surface area contributed by atoms with E-state index >= 15 is 0 Å². The maximum Gasteiger partial charge on any atom is 0.240 e. The van der Waals surface area contributed by atoms with Gasteiger partial charge in [-0.05, 0) is 50.3 Å². The zero-order valence-electron chi connectivity index (χ0n) is 13.4. The molecule has 1 heterocycles. The molecule has 0 radical (unpaired) electrons. The van der Waals surface area contributed by atoms with Crippen LogP contribution in [0.2, 0.25) is 0 Å². The summed E-state index contributed by atoms with van der Waals surface area (Å²) in [7, 11) is 0. The molecule has 3 rings (SSSR count). The van der Waals surface area contributed by atoms with E-state index in [4.69, 9.17) is 5.73 Å². The quantitative estimate of drug-likeness (QED) is 0.848. The number of halogens is 2. The van der Waals surface area contributed by atoms with E-state index in [1.807, 2.05) is 0 Å². The summed E-state index contributed by atoms with van der Waals surface area (Å²) in [6.45, 7) is 4.05. The lowest BCUT2D eigenvalue weighted by Crippen LogP contribution is -2.45. The van der Waals surface area contributed by atoms with Gasteiger partial charge in [0.1, 0.15) is 0 Å². The fraction of sp³-hybridized carbons (Fsp3) is 0.588. The summed E-state index contributed by atoms with van der Waals surface area (Å²) in [5, 5.41) is 3.04. The summed E-state index contributed by atoms with van der Waals surface area (Å²) in [4.78, 5) is 14.3. The normalized spacial score (nSPS) is 20.0. The summed E-state index contributed by atoms with van der Waals surface area (Å²) in [5.74, 6) is 0.650. The maximum absolute atomic E-state index is 11.8. The van der Waals surface area contributed by atoms with Crippen molar-refractivity contribution < 1.29 is 4.79 Å². The van der Waals surface area contributed by atoms with Gasteiger partial charge in [0.2, 0.25) is 5.91 Å². The number of likely N-dealkylation sites (tertiary alicyclic amines) is 1. The van der Waals surface area contributed by atoms with Crippen molar-refractivity contribution in [2.75, 3.05) is 19.6 Å². The number of amides is 1. The molecule has 1 saturated heterocycles. The van der Waals surface area contributed by atoms with E-state index in [1.54, 1.807) is 0 Å². The second kappa shape index (κ2) is 8.88. The molecule has 2 fully saturated rings. The first kappa shape index (κ1) is 20.2. The van der Waals surface area contributed by atoms with Crippen LogP contribution in [0.4, 0.5) is 0 Å². The average Bonchev–Trinajstić information content (AvgIpc) is 3.26. The van der Waals surface area contributed by atoms with E-state index in [1.165, 1.54) is 5.56 Å². The number of nitrogens with one attached hydrogen (secondary N) is 1. The minimum atomic E-state index is -0.534. The van der Waals surface area contributed by atoms with Gasteiger partial charge in [-0.3, -0.25) is 9.69 Å². The number of carbonyl (C=O) groups is 1. The molecule has 1 saturated carbocycles. The number of piperidine rings is 1. The predicted molar refractivity (Wildman–Crippen MR) is 98.1 cm³/mol. The van der Waals surface area contributed by atoms with E-state index in [0.717, 1.165) is 51.9 Å². The minimum Gasteiger partial charge on any atom is -0.354 e. The average molecular weight is 360 g/mol. The van der Waals surface area contributed by atoms with E-state index in [2.05, 4.69) is 40.5 Å². The minimum absolute atomic E-state index is 0. The molecule has 0 aromatic heterocycles. The van der Waals surface area contributed by atoms with Crippen LogP contribution < -0.4 is 11.1 Å². The first-order valence-electron chi connectivity index (χ1n) is 7.99. The van der Waals surface area contributed by atoms with Crippen molar-refractivity contribution in [2.45, 2.75) is 37.8 Å². The molecule has 0 spiro atoms. The van der Waals surface area contributed by atoms with Crippen molar-refractivity contribution in [3.63, 3.8) is 0 Å². The molecular formula is C17H27Cl2N3O. The molecule has 1 amide bonds. The number of hydrogen-bond donors (Lipinski definition) is 2. The Bertz CT molecular complexity index is 486. The largest absolute Gasteiger partial charge is 0.354 e. The highest BCUT2D eigenvalue weighted by Gasteiger charge is 2.45. The Kier molecular flexibility index (Phi) is 7.81. The predicted octanol–water partition coefficient (Wildman–Crippen LogP) is 2.35. The second-order valence-corrected chi connectivity index (χ2v) is 6.57. The van der Waals surface area contributed by atoms with E-state index in [0.29, 0.717) is 5.92 Å². The molecular weight excluding hydrogens is 333 g/mol. The topological polar surface area (TPSA) is 58.4 Å². The highest BCUT2D eigenvalue weighted by Crippen LogP contribution is 2.32. The number of carbonyl (C=O) groups excluding carboxylic acids is 1. The Morgan fingerprint density at radius 3 is 2.35 bits per heavy atom. The molecule has 0 bridgehead atoms. The van der Waals surface area contributed by atoms with Gasteiger partial charge in [-0.1, -0.05) is 30.3 Å². The molecule has 3 N–H and O–H groups in total. The van der Waals surface area contributed by atoms with Crippen molar-refractivity contribution in [2.24, 2.45) is 11.7 Å². The Morgan fingerprint density at radius 2 is 1.78 bits per heavy atom. The van der Waals surface area contributed by atoms with Gasteiger partial charge in [-0.2, -0.15) is 0 Å². The molecule has 1 aliphatic heterocycles. The van der Waals surface area contributed by atoms with Gasteiger partial charge in [-0.25, -0.2) is 0 Å². The SMILES string of the molecule is Cl.Cl.NC1(C(=O)NCC2CCN(Cc3ccccc3)CC2)CC1. The third-order valence-corrected chi connectivity index (χ3v) is 4.75. The number of rotatable bonds is 5. The summed E-state index contributed by atoms with van der Waals surface area (Å²) >= 11 is 0. The lowest BCUT2D eigenvalue weighted by Gasteiger charge is -2.32. The fourth-order valence-corrected chi connectivity index (χ4v) is 2.97. The van der Waals surface area contributed by atoms with Gasteiger partial charge in [-0.15, -0.1) is 24.8 Å². The van der Waals surface area contributed by atoms with Crippen LogP contribution in [0.1, 0.15) is 31.2 Å². The number of hydrogen-bond acceptors (Lipinski definition) is 3. The monoisotopic (exact) mass is 359 g/mol. The molecule has 1 aliphatic carbocycles. The number of benzene rings is 1. The van der Waals surface area contributed by atoms with Crippen LogP contribution in [-0.4, -0.2) is 36.0 Å². The summed E-state index contributed by atoms with van der Waals surface area (Å²) in [6.07, 6.45) is 4.00. The summed E-state index contributed by atoms with van der Waals surface area (Å²) < 4.78 is 0. The standard InChI is InChI=1S/C17H25N3O.2ClH/c18-17(8-9-17)16(21)19-12-14-6-10-20(11-7-14)13-15-4-2-1-3-5-15;;/h1-5,14H,6-13,18H2,(H,19,21);2*1H. The number of nitrogens with two attached hydrogens (primary N) is 1. The summed E-state index contributed by atoms with van der Waals surface area (Å²) in [5.41, 5.74) is 6.74. The molecule has 130 valence electrons. The van der Waals surface area contributed by atoms with Crippen LogP contribution >= 0.6 is 24.8 Å². The van der Waals surface area contributed by atoms with Crippen LogP contribution in [0.25, 0.3) is 0 Å². The Labute approximate surface area is 151 Å². The van der Waals surface area contributed by atoms with Crippen LogP contribution in [0.3, 0.4) is 0 Å². The van der Waals surface area contributed by atoms with Crippen LogP contribution in [-0.2, 0) is 11.3 Å². The van der Waals surface area contributed by atoms with Gasteiger partial charge >= 0.3 is 0 Å². The third kappa shape index (κ3) is 5.64. The van der Waals surface area contributed by atoms with Crippen LogP contribution in [0.5, 0.6) is 0 Å².